The van der Waals surface area contributed by atoms with Crippen molar-refractivity contribution in [3.05, 3.63) is 0 Å². The van der Waals surface area contributed by atoms with Crippen molar-refractivity contribution >= 4 is 18.1 Å². The van der Waals surface area contributed by atoms with Gasteiger partial charge in [-0.05, 0) is 6.92 Å². The number of nitrogens with one attached hydrogen (secondary N) is 2. The number of aldehydes is 1. The van der Waals surface area contributed by atoms with Crippen molar-refractivity contribution in [1.82, 2.24) is 10.6 Å². The summed E-state index contributed by atoms with van der Waals surface area (Å²) in [7, 11) is 0. The van der Waals surface area contributed by atoms with Crippen LogP contribution in [0, 0.1) is 0 Å². The third-order valence-corrected chi connectivity index (χ3v) is 1.32. The largest absolute Gasteiger partial charge is 0.348 e. The molecule has 13 heavy (non-hydrogen) atoms. The van der Waals surface area contributed by atoms with Crippen molar-refractivity contribution < 1.29 is 14.4 Å². The predicted octanol–water partition coefficient (Wildman–Crippen LogP) is -2.24. The number of hydrogen-bond donors (Lipinski definition) is 3. The Morgan fingerprint density at radius 2 is 2.15 bits per heavy atom. The molecule has 6 heteroatoms. The smallest absolute Gasteiger partial charge is 0.242 e. The molecule has 0 radical (unpaired) electrons. The highest BCUT2D eigenvalue weighted by atomic mass is 16.2. The first-order chi connectivity index (χ1) is 6.11. The summed E-state index contributed by atoms with van der Waals surface area (Å²) >= 11 is 0. The fourth-order valence-electron chi connectivity index (χ4n) is 0.661. The molecule has 0 saturated heterocycles. The fraction of sp³-hybridized carbons (Fsp3) is 0.571. The normalized spacial score (nSPS) is 11.5. The first-order valence-electron chi connectivity index (χ1n) is 3.82. The van der Waals surface area contributed by atoms with E-state index in [0.717, 1.165) is 0 Å². The highest BCUT2D eigenvalue weighted by Crippen LogP contribution is 1.80. The van der Waals surface area contributed by atoms with Gasteiger partial charge in [-0.2, -0.15) is 0 Å². The Bertz CT molecular complexity index is 205. The van der Waals surface area contributed by atoms with E-state index in [1.165, 1.54) is 6.92 Å². The number of amides is 2. The predicted molar refractivity (Wildman–Crippen MR) is 45.7 cm³/mol. The van der Waals surface area contributed by atoms with Gasteiger partial charge in [0.2, 0.25) is 11.8 Å². The van der Waals surface area contributed by atoms with Crippen molar-refractivity contribution in [3.8, 4) is 0 Å². The van der Waals surface area contributed by atoms with Gasteiger partial charge in [0.25, 0.3) is 0 Å². The van der Waals surface area contributed by atoms with Gasteiger partial charge in [-0.3, -0.25) is 9.59 Å². The lowest BCUT2D eigenvalue weighted by Gasteiger charge is -2.11. The van der Waals surface area contributed by atoms with E-state index in [2.05, 4.69) is 10.6 Å². The number of hydrogen-bond acceptors (Lipinski definition) is 4. The standard InChI is InChI=1S/C7H13N3O3/c1-5(10-6(12)4-8)7(13)9-2-3-11/h3,5H,2,4,8H2,1H3,(H,9,13)(H,10,12). The molecule has 74 valence electrons. The summed E-state index contributed by atoms with van der Waals surface area (Å²) in [4.78, 5) is 31.6. The first kappa shape index (κ1) is 11.6. The molecule has 0 fully saturated rings. The summed E-state index contributed by atoms with van der Waals surface area (Å²) in [6.45, 7) is 1.29. The summed E-state index contributed by atoms with van der Waals surface area (Å²) in [5, 5.41) is 4.65. The molecule has 1 atom stereocenters. The van der Waals surface area contributed by atoms with Crippen LogP contribution in [0.2, 0.25) is 0 Å². The zero-order valence-electron chi connectivity index (χ0n) is 7.37. The van der Waals surface area contributed by atoms with Crippen molar-refractivity contribution in [2.24, 2.45) is 5.73 Å². The van der Waals surface area contributed by atoms with E-state index in [1.807, 2.05) is 0 Å². The Hall–Kier alpha value is -1.43. The maximum Gasteiger partial charge on any atom is 0.242 e. The van der Waals surface area contributed by atoms with Crippen LogP contribution in [-0.2, 0) is 14.4 Å². The second kappa shape index (κ2) is 6.13. The van der Waals surface area contributed by atoms with Crippen LogP contribution in [0.4, 0.5) is 0 Å². The van der Waals surface area contributed by atoms with Crippen molar-refractivity contribution in [1.29, 1.82) is 0 Å². The SMILES string of the molecule is CC(NC(=O)CN)C(=O)NCC=O. The molecule has 0 aliphatic rings. The van der Waals surface area contributed by atoms with Gasteiger partial charge in [0.05, 0.1) is 13.1 Å². The lowest BCUT2D eigenvalue weighted by atomic mass is 10.3. The topological polar surface area (TPSA) is 101 Å². The monoisotopic (exact) mass is 187 g/mol. The molecule has 0 aromatic heterocycles. The lowest BCUT2D eigenvalue weighted by Crippen LogP contribution is -2.47. The Morgan fingerprint density at radius 1 is 1.54 bits per heavy atom. The molecule has 0 saturated carbocycles. The lowest BCUT2D eigenvalue weighted by molar-refractivity contribution is -0.128. The molecule has 0 aliphatic heterocycles. The molecular formula is C7H13N3O3. The van der Waals surface area contributed by atoms with Gasteiger partial charge in [0.1, 0.15) is 12.3 Å². The van der Waals surface area contributed by atoms with Crippen molar-refractivity contribution in [2.45, 2.75) is 13.0 Å². The van der Waals surface area contributed by atoms with E-state index < -0.39 is 17.9 Å². The third kappa shape index (κ3) is 4.91. The summed E-state index contributed by atoms with van der Waals surface area (Å²) in [5.41, 5.74) is 5.02. The van der Waals surface area contributed by atoms with Gasteiger partial charge in [-0.15, -0.1) is 0 Å². The molecule has 0 aromatic rings. The summed E-state index contributed by atoms with van der Waals surface area (Å²) < 4.78 is 0. The van der Waals surface area contributed by atoms with Crippen LogP contribution in [0.25, 0.3) is 0 Å². The molecule has 0 aromatic carbocycles. The fourth-order valence-corrected chi connectivity index (χ4v) is 0.661. The molecule has 0 spiro atoms. The van der Waals surface area contributed by atoms with Gasteiger partial charge in [0.15, 0.2) is 0 Å². The van der Waals surface area contributed by atoms with Crippen LogP contribution in [0.5, 0.6) is 0 Å². The molecule has 0 rings (SSSR count). The zero-order chi connectivity index (χ0) is 10.3. The number of carbonyl (C=O) groups excluding carboxylic acids is 3. The van der Waals surface area contributed by atoms with E-state index in [9.17, 15) is 14.4 Å². The van der Waals surface area contributed by atoms with Crippen LogP contribution < -0.4 is 16.4 Å². The van der Waals surface area contributed by atoms with Gasteiger partial charge >= 0.3 is 0 Å². The van der Waals surface area contributed by atoms with Crippen molar-refractivity contribution in [3.63, 3.8) is 0 Å². The minimum Gasteiger partial charge on any atom is -0.348 e. The van der Waals surface area contributed by atoms with Gasteiger partial charge in [0, 0.05) is 0 Å². The molecule has 4 N–H and O–H groups in total. The quantitative estimate of drug-likeness (QED) is 0.424. The van der Waals surface area contributed by atoms with Gasteiger partial charge in [-0.25, -0.2) is 0 Å². The van der Waals surface area contributed by atoms with Crippen molar-refractivity contribution in [2.75, 3.05) is 13.1 Å². The third-order valence-electron chi connectivity index (χ3n) is 1.32. The van der Waals surface area contributed by atoms with E-state index in [1.54, 1.807) is 0 Å². The first-order valence-corrected chi connectivity index (χ1v) is 3.82. The molecule has 6 nitrogen and oxygen atoms in total. The Balaban J connectivity index is 3.81. The summed E-state index contributed by atoms with van der Waals surface area (Å²) in [5.74, 6) is -0.817. The number of rotatable bonds is 5. The zero-order valence-corrected chi connectivity index (χ0v) is 7.37. The van der Waals surface area contributed by atoms with E-state index in [-0.39, 0.29) is 13.1 Å². The molecular weight excluding hydrogens is 174 g/mol. The summed E-state index contributed by atoms with van der Waals surface area (Å²) in [6.07, 6.45) is 0.565. The van der Waals surface area contributed by atoms with Gasteiger partial charge < -0.3 is 21.2 Å². The molecule has 1 unspecified atom stereocenters. The molecule has 2 amide bonds. The van der Waals surface area contributed by atoms with E-state index >= 15 is 0 Å². The average Bonchev–Trinajstić information content (AvgIpc) is 2.13. The number of nitrogens with two attached hydrogens (primary N) is 1. The van der Waals surface area contributed by atoms with Crippen LogP contribution in [-0.4, -0.2) is 37.2 Å². The second-order valence-corrected chi connectivity index (χ2v) is 2.41. The van der Waals surface area contributed by atoms with E-state index in [0.29, 0.717) is 6.29 Å². The van der Waals surface area contributed by atoms with Gasteiger partial charge in [-0.1, -0.05) is 0 Å². The average molecular weight is 187 g/mol. The highest BCUT2D eigenvalue weighted by molar-refractivity contribution is 5.88. The highest BCUT2D eigenvalue weighted by Gasteiger charge is 2.13. The number of carbonyl (C=O) groups is 3. The Kier molecular flexibility index (Phi) is 5.45. The maximum absolute atomic E-state index is 11.0. The van der Waals surface area contributed by atoms with Crippen LogP contribution in [0.15, 0.2) is 0 Å². The Labute approximate surface area is 75.9 Å². The van der Waals surface area contributed by atoms with Crippen LogP contribution in [0.1, 0.15) is 6.92 Å². The van der Waals surface area contributed by atoms with E-state index in [4.69, 9.17) is 5.73 Å². The second-order valence-electron chi connectivity index (χ2n) is 2.41. The summed E-state index contributed by atoms with van der Waals surface area (Å²) in [6, 6.07) is -0.670. The van der Waals surface area contributed by atoms with Crippen LogP contribution >= 0.6 is 0 Å². The molecule has 0 bridgehead atoms. The van der Waals surface area contributed by atoms with Crippen LogP contribution in [0.3, 0.4) is 0 Å². The maximum atomic E-state index is 11.0. The molecule has 0 aliphatic carbocycles. The minimum atomic E-state index is -0.670. The Morgan fingerprint density at radius 3 is 2.62 bits per heavy atom. The molecule has 0 heterocycles. The minimum absolute atomic E-state index is 0.0539.